The third kappa shape index (κ3) is 5.25. The van der Waals surface area contributed by atoms with Crippen LogP contribution in [0.15, 0.2) is 45.6 Å². The molecule has 1 amide bonds. The minimum atomic E-state index is -0.0485. The fourth-order valence-corrected chi connectivity index (χ4v) is 5.59. The number of aromatic nitrogens is 1. The highest BCUT2D eigenvalue weighted by Gasteiger charge is 2.15. The normalized spacial score (nSPS) is 15.3. The second-order valence-corrected chi connectivity index (χ2v) is 9.62. The molecule has 29 heavy (non-hydrogen) atoms. The summed E-state index contributed by atoms with van der Waals surface area (Å²) in [4.78, 5) is 20.5. The Hall–Kier alpha value is -1.74. The molecule has 0 bridgehead atoms. The number of amides is 1. The number of hydrogen-bond acceptors (Lipinski definition) is 6. The maximum atomic E-state index is 12.5. The number of anilines is 1. The molecule has 1 N–H and O–H groups in total. The Bertz CT molecular complexity index is 964. The Morgan fingerprint density at radius 1 is 1.24 bits per heavy atom. The predicted octanol–water partition coefficient (Wildman–Crippen LogP) is 4.89. The van der Waals surface area contributed by atoms with Crippen molar-refractivity contribution in [1.29, 1.82) is 0 Å². The number of carbonyl (C=O) groups excluding carboxylic acids is 1. The SMILES string of the molecule is CC(NC(=O)Cc1csc(-c2cc(Br)cs2)n1)c1ccc(N2CCOCC2)cc1. The molecule has 3 aromatic rings. The number of carbonyl (C=O) groups is 1. The number of thiophene rings is 1. The number of nitrogens with one attached hydrogen (secondary N) is 1. The molecule has 0 saturated carbocycles. The van der Waals surface area contributed by atoms with Crippen molar-refractivity contribution >= 4 is 50.2 Å². The van der Waals surface area contributed by atoms with Crippen molar-refractivity contribution in [3.05, 3.63) is 56.8 Å². The number of ether oxygens (including phenoxy) is 1. The molecule has 0 spiro atoms. The van der Waals surface area contributed by atoms with Crippen LogP contribution in [-0.2, 0) is 16.0 Å². The summed E-state index contributed by atoms with van der Waals surface area (Å²) in [6.45, 7) is 5.40. The van der Waals surface area contributed by atoms with Crippen molar-refractivity contribution < 1.29 is 9.53 Å². The van der Waals surface area contributed by atoms with Crippen LogP contribution in [-0.4, -0.2) is 37.2 Å². The summed E-state index contributed by atoms with van der Waals surface area (Å²) < 4.78 is 6.46. The summed E-state index contributed by atoms with van der Waals surface area (Å²) in [7, 11) is 0. The standard InChI is InChI=1S/C21H22BrN3O2S2/c1-14(15-2-4-18(5-3-15)25-6-8-27-9-7-25)23-20(26)11-17-13-29-21(24-17)19-10-16(22)12-28-19/h2-5,10,12-14H,6-9,11H2,1H3,(H,23,26). The van der Waals surface area contributed by atoms with Crippen LogP contribution in [0.4, 0.5) is 5.69 Å². The van der Waals surface area contributed by atoms with Gasteiger partial charge in [0.15, 0.2) is 0 Å². The lowest BCUT2D eigenvalue weighted by atomic mass is 10.1. The van der Waals surface area contributed by atoms with Gasteiger partial charge in [-0.15, -0.1) is 22.7 Å². The fourth-order valence-electron chi connectivity index (χ4n) is 3.26. The lowest BCUT2D eigenvalue weighted by Gasteiger charge is -2.29. The predicted molar refractivity (Wildman–Crippen MR) is 123 cm³/mol. The number of benzene rings is 1. The second-order valence-electron chi connectivity index (χ2n) is 6.93. The molecule has 1 fully saturated rings. The first-order chi connectivity index (χ1) is 14.1. The van der Waals surface area contributed by atoms with Gasteiger partial charge in [-0.2, -0.15) is 0 Å². The molecule has 1 aliphatic heterocycles. The van der Waals surface area contributed by atoms with Crippen LogP contribution in [0, 0.1) is 0 Å². The van der Waals surface area contributed by atoms with E-state index in [0.717, 1.165) is 51.9 Å². The quantitative estimate of drug-likeness (QED) is 0.533. The van der Waals surface area contributed by atoms with Crippen molar-refractivity contribution in [2.45, 2.75) is 19.4 Å². The molecule has 0 radical (unpaired) electrons. The number of nitrogens with zero attached hydrogens (tertiary/aromatic N) is 2. The van der Waals surface area contributed by atoms with Crippen molar-refractivity contribution in [1.82, 2.24) is 10.3 Å². The van der Waals surface area contributed by atoms with Crippen molar-refractivity contribution in [3.8, 4) is 9.88 Å². The van der Waals surface area contributed by atoms with Crippen molar-refractivity contribution in [2.75, 3.05) is 31.2 Å². The van der Waals surface area contributed by atoms with Gasteiger partial charge in [-0.05, 0) is 46.6 Å². The van der Waals surface area contributed by atoms with Gasteiger partial charge in [0.1, 0.15) is 5.01 Å². The Balaban J connectivity index is 1.33. The summed E-state index contributed by atoms with van der Waals surface area (Å²) in [5.74, 6) is -0.0148. The molecule has 1 aliphatic rings. The third-order valence-corrected chi connectivity index (χ3v) is 7.57. The Morgan fingerprint density at radius 2 is 2.00 bits per heavy atom. The van der Waals surface area contributed by atoms with Gasteiger partial charge in [0.05, 0.1) is 36.2 Å². The Labute approximate surface area is 186 Å². The van der Waals surface area contributed by atoms with E-state index in [1.54, 1.807) is 22.7 Å². The van der Waals surface area contributed by atoms with E-state index in [-0.39, 0.29) is 11.9 Å². The number of morpholine rings is 1. The zero-order valence-corrected chi connectivity index (χ0v) is 19.3. The minimum Gasteiger partial charge on any atom is -0.378 e. The van der Waals surface area contributed by atoms with Gasteiger partial charge in [-0.1, -0.05) is 12.1 Å². The second kappa shape index (κ2) is 9.38. The highest BCUT2D eigenvalue weighted by molar-refractivity contribution is 9.10. The van der Waals surface area contributed by atoms with Crippen LogP contribution in [0.25, 0.3) is 9.88 Å². The van der Waals surface area contributed by atoms with Crippen LogP contribution in [0.2, 0.25) is 0 Å². The molecule has 5 nitrogen and oxygen atoms in total. The molecule has 0 aliphatic carbocycles. The summed E-state index contributed by atoms with van der Waals surface area (Å²) >= 11 is 6.69. The molecular weight excluding hydrogens is 470 g/mol. The minimum absolute atomic E-state index is 0.0148. The summed E-state index contributed by atoms with van der Waals surface area (Å²) in [5.41, 5.74) is 3.10. The van der Waals surface area contributed by atoms with Gasteiger partial charge < -0.3 is 15.0 Å². The largest absolute Gasteiger partial charge is 0.378 e. The van der Waals surface area contributed by atoms with Crippen LogP contribution < -0.4 is 10.2 Å². The first kappa shape index (κ1) is 20.5. The Kier molecular flexibility index (Phi) is 6.64. The van der Waals surface area contributed by atoms with E-state index in [1.807, 2.05) is 17.7 Å². The van der Waals surface area contributed by atoms with E-state index in [1.165, 1.54) is 5.69 Å². The lowest BCUT2D eigenvalue weighted by molar-refractivity contribution is -0.121. The first-order valence-electron chi connectivity index (χ1n) is 9.49. The summed E-state index contributed by atoms with van der Waals surface area (Å²) in [6.07, 6.45) is 0.291. The molecule has 1 aromatic carbocycles. The molecule has 8 heteroatoms. The zero-order chi connectivity index (χ0) is 20.2. The first-order valence-corrected chi connectivity index (χ1v) is 12.0. The molecule has 3 heterocycles. The maximum absolute atomic E-state index is 12.5. The zero-order valence-electron chi connectivity index (χ0n) is 16.1. The van der Waals surface area contributed by atoms with Crippen LogP contribution in [0.1, 0.15) is 24.2 Å². The van der Waals surface area contributed by atoms with Gasteiger partial charge in [-0.3, -0.25) is 4.79 Å². The number of rotatable bonds is 6. The molecule has 2 aromatic heterocycles. The van der Waals surface area contributed by atoms with E-state index in [2.05, 4.69) is 61.5 Å². The molecule has 1 unspecified atom stereocenters. The smallest absolute Gasteiger partial charge is 0.226 e. The van der Waals surface area contributed by atoms with Gasteiger partial charge >= 0.3 is 0 Å². The maximum Gasteiger partial charge on any atom is 0.226 e. The molecule has 1 atom stereocenters. The monoisotopic (exact) mass is 491 g/mol. The highest BCUT2D eigenvalue weighted by atomic mass is 79.9. The number of halogens is 1. The number of thiazole rings is 1. The highest BCUT2D eigenvalue weighted by Crippen LogP contribution is 2.32. The van der Waals surface area contributed by atoms with Gasteiger partial charge in [0.2, 0.25) is 5.91 Å². The lowest BCUT2D eigenvalue weighted by Crippen LogP contribution is -2.36. The topological polar surface area (TPSA) is 54.5 Å². The fraction of sp³-hybridized carbons (Fsp3) is 0.333. The molecule has 152 valence electrons. The van der Waals surface area contributed by atoms with E-state index in [0.29, 0.717) is 6.42 Å². The molecular formula is C21H22BrN3O2S2. The average Bonchev–Trinajstić information content (AvgIpc) is 3.37. The van der Waals surface area contributed by atoms with Gasteiger partial charge in [0, 0.05) is 34.0 Å². The van der Waals surface area contributed by atoms with E-state index in [4.69, 9.17) is 4.74 Å². The van der Waals surface area contributed by atoms with Crippen LogP contribution in [0.5, 0.6) is 0 Å². The van der Waals surface area contributed by atoms with Crippen LogP contribution >= 0.6 is 38.6 Å². The van der Waals surface area contributed by atoms with E-state index >= 15 is 0 Å². The van der Waals surface area contributed by atoms with Gasteiger partial charge in [0.25, 0.3) is 0 Å². The average molecular weight is 492 g/mol. The van der Waals surface area contributed by atoms with Crippen LogP contribution in [0.3, 0.4) is 0 Å². The van der Waals surface area contributed by atoms with Crippen molar-refractivity contribution in [2.24, 2.45) is 0 Å². The third-order valence-electron chi connectivity index (χ3n) is 4.82. The van der Waals surface area contributed by atoms with E-state index in [9.17, 15) is 4.79 Å². The number of hydrogen-bond donors (Lipinski definition) is 1. The molecule has 1 saturated heterocycles. The van der Waals surface area contributed by atoms with E-state index < -0.39 is 0 Å². The molecule has 4 rings (SSSR count). The summed E-state index contributed by atoms with van der Waals surface area (Å²) in [5, 5.41) is 8.04. The summed E-state index contributed by atoms with van der Waals surface area (Å²) in [6, 6.07) is 10.4. The van der Waals surface area contributed by atoms with Gasteiger partial charge in [-0.25, -0.2) is 4.98 Å². The Morgan fingerprint density at radius 3 is 2.69 bits per heavy atom. The van der Waals surface area contributed by atoms with Crippen molar-refractivity contribution in [3.63, 3.8) is 0 Å².